The molecule has 6 atom stereocenters. The Balaban J connectivity index is 1.76. The van der Waals surface area contributed by atoms with E-state index >= 15 is 0 Å². The summed E-state index contributed by atoms with van der Waals surface area (Å²) in [5, 5.41) is 10.8. The number of allylic oxidation sites excluding steroid dienone is 2. The smallest absolute Gasteiger partial charge is 0.328 e. The van der Waals surface area contributed by atoms with Gasteiger partial charge in [0.1, 0.15) is 11.5 Å². The van der Waals surface area contributed by atoms with Gasteiger partial charge >= 0.3 is 6.03 Å². The fraction of sp³-hybridized carbons (Fsp3) is 0.435. The Morgan fingerprint density at radius 1 is 1.14 bits per heavy atom. The summed E-state index contributed by atoms with van der Waals surface area (Å²) in [4.78, 5) is 61.9. The van der Waals surface area contributed by atoms with Crippen molar-refractivity contribution in [1.29, 1.82) is 0 Å². The van der Waals surface area contributed by atoms with Crippen molar-refractivity contribution in [3.8, 4) is 11.5 Å². The molecule has 35 heavy (non-hydrogen) atoms. The number of primary amides is 1. The van der Waals surface area contributed by atoms with Gasteiger partial charge in [0.15, 0.2) is 9.75 Å². The van der Waals surface area contributed by atoms with Crippen molar-refractivity contribution in [3.63, 3.8) is 0 Å². The minimum atomic E-state index is -2.03. The molecule has 4 aliphatic rings. The molecule has 0 unspecified atom stereocenters. The van der Waals surface area contributed by atoms with Crippen LogP contribution in [0.25, 0.3) is 0 Å². The van der Waals surface area contributed by atoms with Crippen molar-refractivity contribution < 1.29 is 33.8 Å². The van der Waals surface area contributed by atoms with Gasteiger partial charge in [-0.25, -0.2) is 4.79 Å². The second kappa shape index (κ2) is 7.44. The SMILES string of the molecule is COc1ccc(O)c([C@H]2C3=CC[C@@H]4C(=O)N(C(N)=O)C(=O)[C@@H]4[C@@H]3C[C@@]3(Cl)C(=O)N(C)C(=O)[C@@]23Cl)c1. The van der Waals surface area contributed by atoms with E-state index in [1.165, 1.54) is 32.4 Å². The molecule has 1 aromatic rings. The van der Waals surface area contributed by atoms with Crippen molar-refractivity contribution >= 4 is 52.9 Å². The van der Waals surface area contributed by atoms with Crippen LogP contribution in [0, 0.1) is 17.8 Å². The van der Waals surface area contributed by atoms with Crippen LogP contribution in [0.5, 0.6) is 11.5 Å². The molecule has 5 rings (SSSR count). The van der Waals surface area contributed by atoms with E-state index in [4.69, 9.17) is 33.7 Å². The lowest BCUT2D eigenvalue weighted by molar-refractivity contribution is -0.139. The number of hydrogen-bond donors (Lipinski definition) is 2. The Morgan fingerprint density at radius 3 is 2.46 bits per heavy atom. The molecule has 2 aliphatic carbocycles. The zero-order valence-electron chi connectivity index (χ0n) is 18.7. The number of likely N-dealkylation sites (tertiary alicyclic amines) is 2. The Bertz CT molecular complexity index is 1270. The normalized spacial score (nSPS) is 36.1. The van der Waals surface area contributed by atoms with Crippen molar-refractivity contribution in [2.24, 2.45) is 23.5 Å². The van der Waals surface area contributed by atoms with Gasteiger partial charge in [-0.05, 0) is 37.0 Å². The summed E-state index contributed by atoms with van der Waals surface area (Å²) in [6.45, 7) is 0. The van der Waals surface area contributed by atoms with Crippen LogP contribution in [0.4, 0.5) is 4.79 Å². The van der Waals surface area contributed by atoms with E-state index in [0.717, 1.165) is 4.90 Å². The number of benzene rings is 1. The molecule has 12 heteroatoms. The number of fused-ring (bicyclic) bond motifs is 4. The topological polar surface area (TPSA) is 147 Å². The van der Waals surface area contributed by atoms with E-state index in [-0.39, 0.29) is 24.2 Å². The van der Waals surface area contributed by atoms with Gasteiger partial charge in [-0.2, -0.15) is 4.90 Å². The van der Waals surface area contributed by atoms with Gasteiger partial charge in [-0.1, -0.05) is 11.6 Å². The molecular formula is C23H21Cl2N3O7. The van der Waals surface area contributed by atoms with Gasteiger partial charge < -0.3 is 15.6 Å². The zero-order valence-corrected chi connectivity index (χ0v) is 20.2. The Kier molecular flexibility index (Phi) is 5.02. The van der Waals surface area contributed by atoms with Crippen molar-refractivity contribution in [2.45, 2.75) is 28.5 Å². The summed E-state index contributed by atoms with van der Waals surface area (Å²) < 4.78 is 5.29. The number of amides is 6. The highest BCUT2D eigenvalue weighted by molar-refractivity contribution is 6.53. The third-order valence-corrected chi connectivity index (χ3v) is 9.19. The van der Waals surface area contributed by atoms with E-state index in [1.807, 2.05) is 0 Å². The largest absolute Gasteiger partial charge is 0.508 e. The summed E-state index contributed by atoms with van der Waals surface area (Å²) >= 11 is 14.0. The van der Waals surface area contributed by atoms with E-state index in [0.29, 0.717) is 16.2 Å². The highest BCUT2D eigenvalue weighted by Crippen LogP contribution is 2.66. The molecule has 0 spiro atoms. The summed E-state index contributed by atoms with van der Waals surface area (Å²) in [6.07, 6.45) is 1.53. The molecule has 3 N–H and O–H groups in total. The summed E-state index contributed by atoms with van der Waals surface area (Å²) in [6, 6.07) is 3.18. The number of imide groups is 4. The van der Waals surface area contributed by atoms with Crippen LogP contribution in [-0.4, -0.2) is 68.5 Å². The highest BCUT2D eigenvalue weighted by Gasteiger charge is 2.76. The van der Waals surface area contributed by atoms with Crippen LogP contribution < -0.4 is 10.5 Å². The third-order valence-electron chi connectivity index (χ3n) is 7.78. The number of nitrogens with zero attached hydrogens (tertiary/aromatic N) is 2. The lowest BCUT2D eigenvalue weighted by Gasteiger charge is -2.50. The third kappa shape index (κ3) is 2.75. The molecule has 10 nitrogen and oxygen atoms in total. The van der Waals surface area contributed by atoms with Crippen LogP contribution in [0.3, 0.4) is 0 Å². The minimum Gasteiger partial charge on any atom is -0.508 e. The maximum absolute atomic E-state index is 13.4. The summed E-state index contributed by atoms with van der Waals surface area (Å²) in [5.41, 5.74) is 5.95. The number of phenols is 1. The summed E-state index contributed by atoms with van der Waals surface area (Å²) in [7, 11) is 2.69. The van der Waals surface area contributed by atoms with Crippen LogP contribution in [0.2, 0.25) is 0 Å². The first-order chi connectivity index (χ1) is 16.4. The van der Waals surface area contributed by atoms with Crippen LogP contribution >= 0.6 is 23.2 Å². The number of carbonyl (C=O) groups excluding carboxylic acids is 5. The van der Waals surface area contributed by atoms with Gasteiger partial charge in [0.05, 0.1) is 18.9 Å². The van der Waals surface area contributed by atoms with Crippen LogP contribution in [0.15, 0.2) is 29.8 Å². The Hall–Kier alpha value is -3.11. The fourth-order valence-electron chi connectivity index (χ4n) is 6.20. The maximum Gasteiger partial charge on any atom is 0.328 e. The molecule has 0 radical (unpaired) electrons. The number of hydrogen-bond acceptors (Lipinski definition) is 7. The Labute approximate surface area is 209 Å². The number of methoxy groups -OCH3 is 1. The quantitative estimate of drug-likeness (QED) is 0.340. The number of ether oxygens (including phenoxy) is 1. The predicted molar refractivity (Wildman–Crippen MR) is 122 cm³/mol. The molecule has 1 aromatic carbocycles. The first kappa shape index (κ1) is 23.6. The lowest BCUT2D eigenvalue weighted by Crippen LogP contribution is -2.60. The number of aromatic hydroxyl groups is 1. The first-order valence-corrected chi connectivity index (χ1v) is 11.6. The molecule has 2 aliphatic heterocycles. The average Bonchev–Trinajstić information content (AvgIpc) is 3.15. The van der Waals surface area contributed by atoms with Crippen LogP contribution in [-0.2, 0) is 19.2 Å². The molecule has 184 valence electrons. The number of halogens is 2. The number of nitrogens with two attached hydrogens (primary N) is 1. The van der Waals surface area contributed by atoms with E-state index in [2.05, 4.69) is 0 Å². The highest BCUT2D eigenvalue weighted by atomic mass is 35.5. The molecule has 2 heterocycles. The molecular weight excluding hydrogens is 501 g/mol. The predicted octanol–water partition coefficient (Wildman–Crippen LogP) is 1.47. The lowest BCUT2D eigenvalue weighted by atomic mass is 9.56. The number of alkyl halides is 2. The average molecular weight is 522 g/mol. The van der Waals surface area contributed by atoms with Gasteiger partial charge in [-0.15, -0.1) is 23.2 Å². The number of rotatable bonds is 2. The van der Waals surface area contributed by atoms with E-state index < -0.39 is 63.1 Å². The molecule has 0 bridgehead atoms. The van der Waals surface area contributed by atoms with Crippen molar-refractivity contribution in [1.82, 2.24) is 9.80 Å². The Morgan fingerprint density at radius 2 is 1.83 bits per heavy atom. The molecule has 0 aromatic heterocycles. The summed E-state index contributed by atoms with van der Waals surface area (Å²) in [5.74, 6) is -6.75. The number of carbonyl (C=O) groups is 5. The van der Waals surface area contributed by atoms with Crippen molar-refractivity contribution in [3.05, 3.63) is 35.4 Å². The van der Waals surface area contributed by atoms with Gasteiger partial charge in [0, 0.05) is 18.5 Å². The second-order valence-corrected chi connectivity index (χ2v) is 10.5. The van der Waals surface area contributed by atoms with Gasteiger partial charge in [-0.3, -0.25) is 24.1 Å². The second-order valence-electron chi connectivity index (χ2n) is 9.27. The number of phenolic OH excluding ortho intramolecular Hbond substituents is 1. The molecule has 3 fully saturated rings. The molecule has 1 saturated carbocycles. The van der Waals surface area contributed by atoms with Crippen LogP contribution in [0.1, 0.15) is 24.3 Å². The first-order valence-electron chi connectivity index (χ1n) is 10.8. The van der Waals surface area contributed by atoms with Crippen molar-refractivity contribution in [2.75, 3.05) is 14.2 Å². The van der Waals surface area contributed by atoms with E-state index in [1.54, 1.807) is 6.08 Å². The number of urea groups is 1. The minimum absolute atomic E-state index is 0.0757. The molecule has 2 saturated heterocycles. The fourth-order valence-corrected chi connectivity index (χ4v) is 7.21. The standard InChI is InChI=1S/C23H21Cl2N3O7/c1-27-19(32)22(24)8-13-10(4-5-11-15(13)18(31)28(17(11)30)21(26)34)16(23(22,25)20(27)33)12-7-9(35-2)3-6-14(12)29/h3-4,6-7,11,13,15-16,29H,5,8H2,1-2H3,(H2,26,34)/t11-,13+,15-,16+,22+,23-/m0/s1. The van der Waals surface area contributed by atoms with Gasteiger partial charge in [0.2, 0.25) is 11.8 Å². The zero-order chi connectivity index (χ0) is 25.6. The molecule has 6 amide bonds. The van der Waals surface area contributed by atoms with E-state index in [9.17, 15) is 29.1 Å². The monoisotopic (exact) mass is 521 g/mol. The maximum atomic E-state index is 13.4. The van der Waals surface area contributed by atoms with Gasteiger partial charge in [0.25, 0.3) is 11.8 Å².